The average Bonchev–Trinajstić information content (AvgIpc) is 2.53. The van der Waals surface area contributed by atoms with Crippen molar-refractivity contribution in [2.24, 2.45) is 4.99 Å². The first kappa shape index (κ1) is 15.4. The third-order valence-corrected chi connectivity index (χ3v) is 2.91. The lowest BCUT2D eigenvalue weighted by molar-refractivity contribution is -0.385. The van der Waals surface area contributed by atoms with Gasteiger partial charge in [0, 0.05) is 6.21 Å². The number of ether oxygens (including phenoxy) is 2. The molecular formula is C15H13FN2O4. The Morgan fingerprint density at radius 2 is 1.73 bits per heavy atom. The monoisotopic (exact) mass is 304 g/mol. The second kappa shape index (κ2) is 6.66. The van der Waals surface area contributed by atoms with Gasteiger partial charge >= 0.3 is 0 Å². The molecule has 0 atom stereocenters. The average molecular weight is 304 g/mol. The van der Waals surface area contributed by atoms with Gasteiger partial charge in [-0.2, -0.15) is 0 Å². The van der Waals surface area contributed by atoms with E-state index in [4.69, 9.17) is 9.47 Å². The molecule has 0 amide bonds. The maximum atomic E-state index is 12.8. The van der Waals surface area contributed by atoms with Crippen molar-refractivity contribution in [3.05, 3.63) is 57.9 Å². The Balaban J connectivity index is 2.44. The number of aliphatic imine (C=N–C) groups is 1. The predicted molar refractivity (Wildman–Crippen MR) is 79.9 cm³/mol. The van der Waals surface area contributed by atoms with E-state index < -0.39 is 4.92 Å². The van der Waals surface area contributed by atoms with Crippen LogP contribution in [0.2, 0.25) is 0 Å². The van der Waals surface area contributed by atoms with Crippen LogP contribution in [0.25, 0.3) is 0 Å². The third-order valence-electron chi connectivity index (χ3n) is 2.91. The first-order valence-electron chi connectivity index (χ1n) is 6.25. The quantitative estimate of drug-likeness (QED) is 0.481. The molecule has 0 spiro atoms. The van der Waals surface area contributed by atoms with Gasteiger partial charge in [-0.3, -0.25) is 15.1 Å². The zero-order valence-corrected chi connectivity index (χ0v) is 11.9. The Hall–Kier alpha value is -2.96. The van der Waals surface area contributed by atoms with Crippen molar-refractivity contribution in [2.75, 3.05) is 14.2 Å². The van der Waals surface area contributed by atoms with Crippen molar-refractivity contribution < 1.29 is 18.8 Å². The summed E-state index contributed by atoms with van der Waals surface area (Å²) in [6.45, 7) is 0. The SMILES string of the molecule is COc1cc(C=Nc2ccc(F)cc2)c([N+](=O)[O-])cc1OC. The molecule has 0 saturated carbocycles. The Morgan fingerprint density at radius 1 is 1.14 bits per heavy atom. The molecule has 0 bridgehead atoms. The maximum absolute atomic E-state index is 12.8. The van der Waals surface area contributed by atoms with E-state index in [9.17, 15) is 14.5 Å². The number of hydrogen-bond acceptors (Lipinski definition) is 5. The van der Waals surface area contributed by atoms with Crippen LogP contribution in [0, 0.1) is 15.9 Å². The number of methoxy groups -OCH3 is 2. The molecule has 0 aromatic heterocycles. The van der Waals surface area contributed by atoms with E-state index in [1.165, 1.54) is 56.8 Å². The first-order valence-corrected chi connectivity index (χ1v) is 6.25. The molecule has 7 heteroatoms. The highest BCUT2D eigenvalue weighted by molar-refractivity contribution is 5.88. The molecule has 6 nitrogen and oxygen atoms in total. The van der Waals surface area contributed by atoms with Crippen molar-refractivity contribution >= 4 is 17.6 Å². The van der Waals surface area contributed by atoms with Crippen LogP contribution in [-0.4, -0.2) is 25.4 Å². The fourth-order valence-corrected chi connectivity index (χ4v) is 1.82. The lowest BCUT2D eigenvalue weighted by atomic mass is 10.1. The van der Waals surface area contributed by atoms with E-state index in [2.05, 4.69) is 4.99 Å². The van der Waals surface area contributed by atoms with E-state index in [1.807, 2.05) is 0 Å². The summed E-state index contributed by atoms with van der Waals surface area (Å²) in [7, 11) is 2.83. The topological polar surface area (TPSA) is 74.0 Å². The van der Waals surface area contributed by atoms with Gasteiger partial charge < -0.3 is 9.47 Å². The molecule has 0 aliphatic carbocycles. The van der Waals surface area contributed by atoms with Crippen LogP contribution < -0.4 is 9.47 Å². The summed E-state index contributed by atoms with van der Waals surface area (Å²) in [5.41, 5.74) is 0.570. The Labute approximate surface area is 126 Å². The smallest absolute Gasteiger partial charge is 0.282 e. The number of hydrogen-bond donors (Lipinski definition) is 0. The standard InChI is InChI=1S/C15H13FN2O4/c1-21-14-7-10(13(18(19)20)8-15(14)22-2)9-17-12-5-3-11(16)4-6-12/h3-9H,1-2H3. The van der Waals surface area contributed by atoms with Gasteiger partial charge in [0.05, 0.1) is 36.5 Å². The predicted octanol–water partition coefficient (Wildman–Crippen LogP) is 3.50. The number of rotatable bonds is 5. The summed E-state index contributed by atoms with van der Waals surface area (Å²) >= 11 is 0. The van der Waals surface area contributed by atoms with Crippen LogP contribution >= 0.6 is 0 Å². The van der Waals surface area contributed by atoms with Crippen LogP contribution in [0.4, 0.5) is 15.8 Å². The largest absolute Gasteiger partial charge is 0.493 e. The molecule has 0 N–H and O–H groups in total. The molecule has 0 fully saturated rings. The van der Waals surface area contributed by atoms with Gasteiger partial charge in [-0.15, -0.1) is 0 Å². The molecule has 0 radical (unpaired) electrons. The molecule has 0 heterocycles. The zero-order chi connectivity index (χ0) is 16.1. The summed E-state index contributed by atoms with van der Waals surface area (Å²) < 4.78 is 23.0. The molecule has 114 valence electrons. The van der Waals surface area contributed by atoms with Crippen molar-refractivity contribution in [1.82, 2.24) is 0 Å². The summed E-state index contributed by atoms with van der Waals surface area (Å²) in [4.78, 5) is 14.7. The van der Waals surface area contributed by atoms with E-state index in [0.717, 1.165) is 0 Å². The van der Waals surface area contributed by atoms with Gasteiger partial charge in [0.1, 0.15) is 5.82 Å². The first-order chi connectivity index (χ1) is 10.5. The molecular weight excluding hydrogens is 291 g/mol. The van der Waals surface area contributed by atoms with Gasteiger partial charge in [-0.1, -0.05) is 0 Å². The molecule has 2 aromatic rings. The number of nitrogens with zero attached hydrogens (tertiary/aromatic N) is 2. The number of halogens is 1. The van der Waals surface area contributed by atoms with Crippen molar-refractivity contribution in [2.45, 2.75) is 0 Å². The summed E-state index contributed by atoms with van der Waals surface area (Å²) in [5, 5.41) is 11.1. The highest BCUT2D eigenvalue weighted by Crippen LogP contribution is 2.33. The fraction of sp³-hybridized carbons (Fsp3) is 0.133. The zero-order valence-electron chi connectivity index (χ0n) is 11.9. The minimum absolute atomic E-state index is 0.163. The van der Waals surface area contributed by atoms with Gasteiger partial charge in [0.2, 0.25) is 0 Å². The molecule has 0 unspecified atom stereocenters. The van der Waals surface area contributed by atoms with Crippen molar-refractivity contribution in [3.63, 3.8) is 0 Å². The highest BCUT2D eigenvalue weighted by Gasteiger charge is 2.18. The van der Waals surface area contributed by atoms with Gasteiger partial charge in [-0.25, -0.2) is 4.39 Å². The Kier molecular flexibility index (Phi) is 4.67. The number of benzene rings is 2. The minimum atomic E-state index is -0.534. The lowest BCUT2D eigenvalue weighted by Gasteiger charge is -2.08. The van der Waals surface area contributed by atoms with Crippen LogP contribution in [0.5, 0.6) is 11.5 Å². The van der Waals surface area contributed by atoms with Gasteiger partial charge in [0.25, 0.3) is 5.69 Å². The number of nitro benzene ring substituents is 1. The molecule has 0 aliphatic heterocycles. The third kappa shape index (κ3) is 3.38. The van der Waals surface area contributed by atoms with Gasteiger partial charge in [-0.05, 0) is 30.3 Å². The highest BCUT2D eigenvalue weighted by atomic mass is 19.1. The Bertz CT molecular complexity index is 714. The van der Waals surface area contributed by atoms with Gasteiger partial charge in [0.15, 0.2) is 11.5 Å². The lowest BCUT2D eigenvalue weighted by Crippen LogP contribution is -1.98. The van der Waals surface area contributed by atoms with Crippen LogP contribution in [-0.2, 0) is 0 Å². The summed E-state index contributed by atoms with van der Waals surface area (Å²) in [5.74, 6) is 0.234. The van der Waals surface area contributed by atoms with Crippen molar-refractivity contribution in [3.8, 4) is 11.5 Å². The normalized spacial score (nSPS) is 10.7. The molecule has 2 aromatic carbocycles. The molecule has 22 heavy (non-hydrogen) atoms. The van der Waals surface area contributed by atoms with Crippen LogP contribution in [0.15, 0.2) is 41.4 Å². The van der Waals surface area contributed by atoms with E-state index in [1.54, 1.807) is 0 Å². The van der Waals surface area contributed by atoms with Crippen molar-refractivity contribution in [1.29, 1.82) is 0 Å². The summed E-state index contributed by atoms with van der Waals surface area (Å²) in [6.07, 6.45) is 1.33. The molecule has 2 rings (SSSR count). The fourth-order valence-electron chi connectivity index (χ4n) is 1.82. The van der Waals surface area contributed by atoms with Crippen LogP contribution in [0.3, 0.4) is 0 Å². The Morgan fingerprint density at radius 3 is 2.27 bits per heavy atom. The number of nitro groups is 1. The minimum Gasteiger partial charge on any atom is -0.493 e. The molecule has 0 aliphatic rings. The maximum Gasteiger partial charge on any atom is 0.282 e. The van der Waals surface area contributed by atoms with E-state index >= 15 is 0 Å². The van der Waals surface area contributed by atoms with Crippen LogP contribution in [0.1, 0.15) is 5.56 Å². The summed E-state index contributed by atoms with van der Waals surface area (Å²) in [6, 6.07) is 8.19. The van der Waals surface area contributed by atoms with E-state index in [-0.39, 0.29) is 22.8 Å². The molecule has 0 saturated heterocycles. The second-order valence-electron chi connectivity index (χ2n) is 4.26. The second-order valence-corrected chi connectivity index (χ2v) is 4.26. The van der Waals surface area contributed by atoms with E-state index in [0.29, 0.717) is 11.4 Å².